The molecule has 0 unspecified atom stereocenters. The Labute approximate surface area is 130 Å². The van der Waals surface area contributed by atoms with Gasteiger partial charge in [0.25, 0.3) is 0 Å². The van der Waals surface area contributed by atoms with Crippen LogP contribution in [0.5, 0.6) is 5.75 Å². The minimum Gasteiger partial charge on any atom is -0.497 e. The summed E-state index contributed by atoms with van der Waals surface area (Å²) in [4.78, 5) is 12.2. The molecule has 22 heavy (non-hydrogen) atoms. The Bertz CT molecular complexity index is 700. The zero-order valence-corrected chi connectivity index (χ0v) is 12.8. The number of hydrogen-bond acceptors (Lipinski definition) is 3. The number of hydrogen-bond donors (Lipinski definition) is 1. The maximum atomic E-state index is 12.2. The lowest BCUT2D eigenvalue weighted by Crippen LogP contribution is -2.02. The molecule has 0 saturated carbocycles. The number of rotatable bonds is 6. The maximum Gasteiger partial charge on any atom is 0.187 e. The van der Waals surface area contributed by atoms with Gasteiger partial charge < -0.3 is 10.1 Å². The monoisotopic (exact) mass is 293 g/mol. The number of allylic oxidation sites excluding steroid dienone is 2. The van der Waals surface area contributed by atoms with Crippen LogP contribution < -0.4 is 10.1 Å². The van der Waals surface area contributed by atoms with Gasteiger partial charge >= 0.3 is 0 Å². The zero-order valence-electron chi connectivity index (χ0n) is 12.8. The average Bonchev–Trinajstić information content (AvgIpc) is 2.55. The molecule has 3 heteroatoms. The van der Waals surface area contributed by atoms with Crippen LogP contribution in [-0.2, 0) is 0 Å². The van der Waals surface area contributed by atoms with E-state index in [9.17, 15) is 4.79 Å². The van der Waals surface area contributed by atoms with Crippen molar-refractivity contribution in [2.24, 2.45) is 0 Å². The normalized spacial score (nSPS) is 10.9. The molecular formula is C19H19NO2. The number of methoxy groups -OCH3 is 1. The van der Waals surface area contributed by atoms with Gasteiger partial charge in [0, 0.05) is 23.0 Å². The molecule has 0 atom stereocenters. The van der Waals surface area contributed by atoms with Crippen molar-refractivity contribution in [1.29, 1.82) is 0 Å². The predicted octanol–water partition coefficient (Wildman–Crippen LogP) is 4.54. The van der Waals surface area contributed by atoms with Crippen LogP contribution in [0.25, 0.3) is 6.08 Å². The molecule has 0 heterocycles. The third-order valence-electron chi connectivity index (χ3n) is 3.23. The van der Waals surface area contributed by atoms with Gasteiger partial charge in [0.15, 0.2) is 5.78 Å². The van der Waals surface area contributed by atoms with Crippen molar-refractivity contribution in [3.63, 3.8) is 0 Å². The first-order valence-corrected chi connectivity index (χ1v) is 6.99. The third kappa shape index (κ3) is 3.85. The molecule has 1 N–H and O–H groups in total. The van der Waals surface area contributed by atoms with Gasteiger partial charge in [-0.25, -0.2) is 0 Å². The van der Waals surface area contributed by atoms with Gasteiger partial charge in [-0.3, -0.25) is 4.79 Å². The van der Waals surface area contributed by atoms with Gasteiger partial charge in [-0.1, -0.05) is 30.9 Å². The van der Waals surface area contributed by atoms with E-state index in [1.54, 1.807) is 43.5 Å². The molecular weight excluding hydrogens is 274 g/mol. The Hall–Kier alpha value is -2.81. The van der Waals surface area contributed by atoms with Crippen LogP contribution >= 0.6 is 0 Å². The lowest BCUT2D eigenvalue weighted by atomic mass is 10.1. The Balaban J connectivity index is 2.13. The Morgan fingerprint density at radius 1 is 1.14 bits per heavy atom. The number of carbonyl (C=O) groups excluding carboxylic acids is 1. The Morgan fingerprint density at radius 2 is 1.82 bits per heavy atom. The van der Waals surface area contributed by atoms with E-state index in [4.69, 9.17) is 4.74 Å². The SMILES string of the molecule is C=Cc1ccccc1N/C(C)=C/C(=O)c1ccc(OC)cc1. The predicted molar refractivity (Wildman–Crippen MR) is 91.2 cm³/mol. The summed E-state index contributed by atoms with van der Waals surface area (Å²) in [6.07, 6.45) is 3.36. The minimum atomic E-state index is -0.0521. The highest BCUT2D eigenvalue weighted by atomic mass is 16.5. The van der Waals surface area contributed by atoms with Gasteiger partial charge in [-0.15, -0.1) is 0 Å². The number of carbonyl (C=O) groups is 1. The van der Waals surface area contributed by atoms with Crippen LogP contribution in [0.3, 0.4) is 0 Å². The highest BCUT2D eigenvalue weighted by molar-refractivity contribution is 6.05. The number of ketones is 1. The van der Waals surface area contributed by atoms with Crippen molar-refractivity contribution in [2.45, 2.75) is 6.92 Å². The van der Waals surface area contributed by atoms with Crippen LogP contribution in [-0.4, -0.2) is 12.9 Å². The third-order valence-corrected chi connectivity index (χ3v) is 3.23. The van der Waals surface area contributed by atoms with Crippen LogP contribution in [0.4, 0.5) is 5.69 Å². The quantitative estimate of drug-likeness (QED) is 0.628. The highest BCUT2D eigenvalue weighted by Crippen LogP contribution is 2.18. The molecule has 2 aromatic rings. The van der Waals surface area contributed by atoms with Crippen LogP contribution in [0, 0.1) is 0 Å². The maximum absolute atomic E-state index is 12.2. The van der Waals surface area contributed by atoms with E-state index in [-0.39, 0.29) is 5.78 Å². The molecule has 0 aliphatic rings. The molecule has 0 fully saturated rings. The first-order chi connectivity index (χ1) is 10.6. The molecule has 0 aliphatic carbocycles. The summed E-state index contributed by atoms with van der Waals surface area (Å²) in [6, 6.07) is 14.9. The Kier molecular flexibility index (Phi) is 5.15. The molecule has 0 amide bonds. The average molecular weight is 293 g/mol. The number of anilines is 1. The lowest BCUT2D eigenvalue weighted by Gasteiger charge is -2.09. The van der Waals surface area contributed by atoms with Gasteiger partial charge in [-0.05, 0) is 42.8 Å². The number of para-hydroxylation sites is 1. The van der Waals surface area contributed by atoms with Gasteiger partial charge in [0.1, 0.15) is 5.75 Å². The topological polar surface area (TPSA) is 38.3 Å². The minimum absolute atomic E-state index is 0.0521. The van der Waals surface area contributed by atoms with E-state index in [2.05, 4.69) is 11.9 Å². The zero-order chi connectivity index (χ0) is 15.9. The van der Waals surface area contributed by atoms with E-state index >= 15 is 0 Å². The highest BCUT2D eigenvalue weighted by Gasteiger charge is 2.04. The molecule has 0 saturated heterocycles. The molecule has 0 spiro atoms. The van der Waals surface area contributed by atoms with E-state index in [1.165, 1.54) is 0 Å². The van der Waals surface area contributed by atoms with Crippen molar-refractivity contribution in [2.75, 3.05) is 12.4 Å². The number of nitrogens with one attached hydrogen (secondary N) is 1. The van der Waals surface area contributed by atoms with Crippen molar-refractivity contribution < 1.29 is 9.53 Å². The summed E-state index contributed by atoms with van der Waals surface area (Å²) in [5, 5.41) is 3.23. The first kappa shape index (κ1) is 15.6. The molecule has 2 rings (SSSR count). The number of benzene rings is 2. The van der Waals surface area contributed by atoms with Gasteiger partial charge in [0.05, 0.1) is 7.11 Å². The number of ether oxygens (including phenoxy) is 1. The smallest absolute Gasteiger partial charge is 0.187 e. The molecule has 0 aromatic heterocycles. The van der Waals surface area contributed by atoms with Gasteiger partial charge in [0.2, 0.25) is 0 Å². The van der Waals surface area contributed by atoms with Crippen molar-refractivity contribution in [1.82, 2.24) is 0 Å². The summed E-state index contributed by atoms with van der Waals surface area (Å²) >= 11 is 0. The fourth-order valence-corrected chi connectivity index (χ4v) is 2.07. The second kappa shape index (κ2) is 7.27. The van der Waals surface area contributed by atoms with E-state index in [0.29, 0.717) is 5.56 Å². The molecule has 0 bridgehead atoms. The summed E-state index contributed by atoms with van der Waals surface area (Å²) < 4.78 is 5.09. The summed E-state index contributed by atoms with van der Waals surface area (Å²) in [5.74, 6) is 0.680. The molecule has 0 aliphatic heterocycles. The standard InChI is InChI=1S/C19H19NO2/c1-4-15-7-5-6-8-18(15)20-14(2)13-19(21)16-9-11-17(22-3)12-10-16/h4-13,20H,1H2,2-3H3/b14-13+. The fourth-order valence-electron chi connectivity index (χ4n) is 2.07. The first-order valence-electron chi connectivity index (χ1n) is 6.99. The van der Waals surface area contributed by atoms with Crippen LogP contribution in [0.15, 0.2) is 66.9 Å². The fraction of sp³-hybridized carbons (Fsp3) is 0.105. The molecule has 2 aromatic carbocycles. The molecule has 3 nitrogen and oxygen atoms in total. The second-order valence-corrected chi connectivity index (χ2v) is 4.84. The van der Waals surface area contributed by atoms with Crippen molar-refractivity contribution >= 4 is 17.5 Å². The molecule has 112 valence electrons. The Morgan fingerprint density at radius 3 is 2.45 bits per heavy atom. The van der Waals surface area contributed by atoms with Crippen LogP contribution in [0.1, 0.15) is 22.8 Å². The largest absolute Gasteiger partial charge is 0.497 e. The van der Waals surface area contributed by atoms with E-state index < -0.39 is 0 Å². The summed E-state index contributed by atoms with van der Waals surface area (Å²) in [6.45, 7) is 5.65. The molecule has 0 radical (unpaired) electrons. The van der Waals surface area contributed by atoms with Crippen molar-refractivity contribution in [3.8, 4) is 5.75 Å². The summed E-state index contributed by atoms with van der Waals surface area (Å²) in [7, 11) is 1.60. The van der Waals surface area contributed by atoms with Gasteiger partial charge in [-0.2, -0.15) is 0 Å². The lowest BCUT2D eigenvalue weighted by molar-refractivity contribution is 0.104. The van der Waals surface area contributed by atoms with E-state index in [1.807, 2.05) is 31.2 Å². The van der Waals surface area contributed by atoms with Crippen molar-refractivity contribution in [3.05, 3.63) is 78.0 Å². The van der Waals surface area contributed by atoms with E-state index in [0.717, 1.165) is 22.7 Å². The summed E-state index contributed by atoms with van der Waals surface area (Å²) in [5.41, 5.74) is 3.31. The van der Waals surface area contributed by atoms with Crippen LogP contribution in [0.2, 0.25) is 0 Å². The second-order valence-electron chi connectivity index (χ2n) is 4.84.